The number of aryl methyl sites for hydroxylation is 1. The molecule has 9 nitrogen and oxygen atoms in total. The zero-order chi connectivity index (χ0) is 23.4. The first-order valence-corrected chi connectivity index (χ1v) is 12.8. The molecule has 9 heteroatoms. The van der Waals surface area contributed by atoms with Crippen LogP contribution in [0.25, 0.3) is 11.0 Å². The lowest BCUT2D eigenvalue weighted by Gasteiger charge is -2.44. The fraction of sp³-hybridized carbons (Fsp3) is 0.640. The van der Waals surface area contributed by atoms with E-state index in [4.69, 9.17) is 0 Å². The van der Waals surface area contributed by atoms with Gasteiger partial charge in [-0.15, -0.1) is 0 Å². The van der Waals surface area contributed by atoms with Crippen molar-refractivity contribution < 1.29 is 9.59 Å². The maximum absolute atomic E-state index is 13.1. The average Bonchev–Trinajstić information content (AvgIpc) is 3.21. The zero-order valence-corrected chi connectivity index (χ0v) is 19.8. The molecule has 0 spiro atoms. The van der Waals surface area contributed by atoms with Gasteiger partial charge in [0.25, 0.3) is 0 Å². The third-order valence-corrected chi connectivity index (χ3v) is 8.52. The second-order valence-electron chi connectivity index (χ2n) is 10.5. The van der Waals surface area contributed by atoms with Gasteiger partial charge >= 0.3 is 5.69 Å². The molecule has 3 unspecified atom stereocenters. The molecule has 2 aromatic rings. The van der Waals surface area contributed by atoms with Gasteiger partial charge in [0, 0.05) is 50.9 Å². The van der Waals surface area contributed by atoms with Crippen LogP contribution in [0.1, 0.15) is 44.6 Å². The predicted octanol–water partition coefficient (Wildman–Crippen LogP) is 0.970. The van der Waals surface area contributed by atoms with Crippen LogP contribution in [0, 0.1) is 5.92 Å². The van der Waals surface area contributed by atoms with Gasteiger partial charge in [0.2, 0.25) is 11.8 Å². The maximum atomic E-state index is 13.1. The van der Waals surface area contributed by atoms with Crippen molar-refractivity contribution in [2.24, 2.45) is 13.0 Å². The van der Waals surface area contributed by atoms with Crippen LogP contribution in [0.4, 0.5) is 5.69 Å². The summed E-state index contributed by atoms with van der Waals surface area (Å²) in [5.74, 6) is 0.149. The first kappa shape index (κ1) is 21.9. The van der Waals surface area contributed by atoms with Crippen molar-refractivity contribution in [3.05, 3.63) is 28.7 Å². The Morgan fingerprint density at radius 1 is 0.941 bits per heavy atom. The number of carbonyl (C=O) groups excluding carboxylic acids is 2. The number of anilines is 1. The molecule has 0 saturated carbocycles. The molecule has 1 aromatic carbocycles. The minimum Gasteiger partial charge on any atom is -0.368 e. The summed E-state index contributed by atoms with van der Waals surface area (Å²) in [7, 11) is 1.76. The number of hydrogen-bond acceptors (Lipinski definition) is 6. The summed E-state index contributed by atoms with van der Waals surface area (Å²) in [6.07, 6.45) is 5.70. The van der Waals surface area contributed by atoms with Crippen LogP contribution >= 0.6 is 0 Å². The fourth-order valence-corrected chi connectivity index (χ4v) is 6.64. The quantitative estimate of drug-likeness (QED) is 0.653. The molecule has 4 aliphatic heterocycles. The highest BCUT2D eigenvalue weighted by atomic mass is 16.2. The number of rotatable bonds is 4. The Labute approximate surface area is 199 Å². The topological polar surface area (TPSA) is 91.6 Å². The van der Waals surface area contributed by atoms with E-state index < -0.39 is 11.9 Å². The molecule has 2 amide bonds. The van der Waals surface area contributed by atoms with Crippen LogP contribution in [-0.2, 0) is 16.6 Å². The lowest BCUT2D eigenvalue weighted by Crippen LogP contribution is -2.55. The zero-order valence-electron chi connectivity index (χ0n) is 19.8. The van der Waals surface area contributed by atoms with Crippen LogP contribution in [-0.4, -0.2) is 70.7 Å². The van der Waals surface area contributed by atoms with E-state index in [0.717, 1.165) is 48.8 Å². The molecule has 5 heterocycles. The van der Waals surface area contributed by atoms with Crippen LogP contribution in [0.5, 0.6) is 0 Å². The molecule has 6 rings (SSSR count). The largest absolute Gasteiger partial charge is 0.368 e. The number of benzene rings is 1. The van der Waals surface area contributed by atoms with Crippen LogP contribution in [0.15, 0.2) is 23.0 Å². The fourth-order valence-electron chi connectivity index (χ4n) is 6.64. The number of nitrogens with one attached hydrogen (secondary N) is 2. The number of carbonyl (C=O) groups is 2. The van der Waals surface area contributed by atoms with Crippen molar-refractivity contribution in [2.45, 2.75) is 56.7 Å². The molecular weight excluding hydrogens is 432 g/mol. The number of imidazole rings is 1. The highest BCUT2D eigenvalue weighted by Gasteiger charge is 2.41. The van der Waals surface area contributed by atoms with Crippen molar-refractivity contribution in [1.82, 2.24) is 24.7 Å². The number of piperidine rings is 2. The monoisotopic (exact) mass is 466 g/mol. The summed E-state index contributed by atoms with van der Waals surface area (Å²) in [4.78, 5) is 42.4. The van der Waals surface area contributed by atoms with E-state index in [9.17, 15) is 14.4 Å². The number of amides is 2. The van der Waals surface area contributed by atoms with Gasteiger partial charge in [-0.05, 0) is 69.3 Å². The number of piperazine rings is 1. The van der Waals surface area contributed by atoms with Gasteiger partial charge in [0.05, 0.1) is 11.0 Å². The first-order valence-electron chi connectivity index (χ1n) is 12.8. The minimum atomic E-state index is -0.644. The molecule has 3 atom stereocenters. The van der Waals surface area contributed by atoms with Crippen molar-refractivity contribution in [1.29, 1.82) is 0 Å². The van der Waals surface area contributed by atoms with Gasteiger partial charge in [0.1, 0.15) is 6.04 Å². The van der Waals surface area contributed by atoms with Gasteiger partial charge in [-0.3, -0.25) is 28.9 Å². The molecule has 182 valence electrons. The lowest BCUT2D eigenvalue weighted by molar-refractivity contribution is -0.135. The van der Waals surface area contributed by atoms with E-state index in [1.807, 2.05) is 6.07 Å². The lowest BCUT2D eigenvalue weighted by atomic mass is 9.96. The highest BCUT2D eigenvalue weighted by Crippen LogP contribution is 2.35. The van der Waals surface area contributed by atoms with Crippen molar-refractivity contribution in [3.63, 3.8) is 0 Å². The summed E-state index contributed by atoms with van der Waals surface area (Å²) in [6, 6.07) is 6.71. The summed E-state index contributed by atoms with van der Waals surface area (Å²) < 4.78 is 3.19. The molecule has 4 saturated heterocycles. The summed E-state index contributed by atoms with van der Waals surface area (Å²) in [5.41, 5.74) is 2.50. The van der Waals surface area contributed by atoms with E-state index in [1.54, 1.807) is 16.2 Å². The number of hydrogen-bond donors (Lipinski definition) is 2. The standard InChI is InChI=1S/C25H34N6O3/c1-28-22-12-17(4-5-20(22)31(25(28)34)21-6-7-23(32)27-24(21)33)29-14-18-2-3-19(15-29)30(18)13-16-8-10-26-11-9-16/h4-5,12,16,18-19,21,26H,2-3,6-11,13-15H2,1H3,(H,27,32,33). The highest BCUT2D eigenvalue weighted by molar-refractivity contribution is 6.00. The minimum absolute atomic E-state index is 0.214. The second kappa shape index (κ2) is 8.53. The third kappa shape index (κ3) is 3.65. The van der Waals surface area contributed by atoms with Gasteiger partial charge in [-0.2, -0.15) is 0 Å². The Hall–Kier alpha value is -2.65. The third-order valence-electron chi connectivity index (χ3n) is 8.52. The number of imide groups is 1. The molecule has 4 fully saturated rings. The van der Waals surface area contributed by atoms with Crippen LogP contribution < -0.4 is 21.2 Å². The van der Waals surface area contributed by atoms with Crippen molar-refractivity contribution in [2.75, 3.05) is 37.6 Å². The predicted molar refractivity (Wildman–Crippen MR) is 130 cm³/mol. The Morgan fingerprint density at radius 3 is 2.38 bits per heavy atom. The molecule has 2 bridgehead atoms. The van der Waals surface area contributed by atoms with Crippen molar-refractivity contribution >= 4 is 28.5 Å². The SMILES string of the molecule is Cn1c(=O)n(C2CCC(=O)NC2=O)c2ccc(N3CC4CCC(C3)N4CC3CCNCC3)cc21. The van der Waals surface area contributed by atoms with Crippen LogP contribution in [0.3, 0.4) is 0 Å². The van der Waals surface area contributed by atoms with E-state index in [2.05, 4.69) is 32.6 Å². The van der Waals surface area contributed by atoms with Crippen molar-refractivity contribution in [3.8, 4) is 0 Å². The molecule has 34 heavy (non-hydrogen) atoms. The van der Waals surface area contributed by atoms with E-state index >= 15 is 0 Å². The molecule has 2 N–H and O–H groups in total. The van der Waals surface area contributed by atoms with E-state index in [-0.39, 0.29) is 18.0 Å². The Kier molecular flexibility index (Phi) is 5.49. The summed E-state index contributed by atoms with van der Waals surface area (Å²) >= 11 is 0. The number of nitrogens with zero attached hydrogens (tertiary/aromatic N) is 4. The Morgan fingerprint density at radius 2 is 1.68 bits per heavy atom. The molecular formula is C25H34N6O3. The average molecular weight is 467 g/mol. The van der Waals surface area contributed by atoms with Gasteiger partial charge in [0.15, 0.2) is 0 Å². The van der Waals surface area contributed by atoms with Gasteiger partial charge < -0.3 is 10.2 Å². The normalized spacial score (nSPS) is 28.6. The Balaban J connectivity index is 1.24. The van der Waals surface area contributed by atoms with E-state index in [1.165, 1.54) is 32.2 Å². The molecule has 0 radical (unpaired) electrons. The van der Waals surface area contributed by atoms with Crippen LogP contribution in [0.2, 0.25) is 0 Å². The summed E-state index contributed by atoms with van der Waals surface area (Å²) in [6.45, 7) is 5.57. The smallest absolute Gasteiger partial charge is 0.329 e. The maximum Gasteiger partial charge on any atom is 0.329 e. The molecule has 1 aromatic heterocycles. The number of aromatic nitrogens is 2. The van der Waals surface area contributed by atoms with Gasteiger partial charge in [-0.25, -0.2) is 4.79 Å². The second-order valence-corrected chi connectivity index (χ2v) is 10.5. The number of fused-ring (bicyclic) bond motifs is 3. The Bertz CT molecular complexity index is 1170. The first-order chi connectivity index (χ1) is 16.5. The van der Waals surface area contributed by atoms with E-state index in [0.29, 0.717) is 18.5 Å². The molecule has 4 aliphatic rings. The molecule has 0 aliphatic carbocycles. The summed E-state index contributed by atoms with van der Waals surface area (Å²) in [5, 5.41) is 5.86. The van der Waals surface area contributed by atoms with Gasteiger partial charge in [-0.1, -0.05) is 0 Å².